The fraction of sp³-hybridized carbons (Fsp3) is 0.500. The molecule has 118 valence electrons. The van der Waals surface area contributed by atoms with Crippen LogP contribution in [0.3, 0.4) is 0 Å². The van der Waals surface area contributed by atoms with E-state index in [0.29, 0.717) is 18.5 Å². The van der Waals surface area contributed by atoms with Gasteiger partial charge in [-0.25, -0.2) is 0 Å². The summed E-state index contributed by atoms with van der Waals surface area (Å²) < 4.78 is 40.6. The van der Waals surface area contributed by atoms with Gasteiger partial charge in [-0.1, -0.05) is 18.2 Å². The van der Waals surface area contributed by atoms with Gasteiger partial charge < -0.3 is 15.2 Å². The number of alkyl halides is 3. The number of carbonyl (C=O) groups excluding carboxylic acids is 1. The van der Waals surface area contributed by atoms with E-state index in [1.807, 2.05) is 0 Å². The summed E-state index contributed by atoms with van der Waals surface area (Å²) in [5, 5.41) is 11.6. The maximum absolute atomic E-state index is 12.2. The number of para-hydroxylation sites is 1. The molecule has 0 fully saturated rings. The van der Waals surface area contributed by atoms with Crippen molar-refractivity contribution < 1.29 is 27.8 Å². The van der Waals surface area contributed by atoms with Crippen LogP contribution in [0.2, 0.25) is 0 Å². The highest BCUT2D eigenvalue weighted by Gasteiger charge is 2.31. The lowest BCUT2D eigenvalue weighted by Gasteiger charge is -2.13. The first kappa shape index (κ1) is 17.3. The topological polar surface area (TPSA) is 58.6 Å². The van der Waals surface area contributed by atoms with Crippen molar-refractivity contribution in [3.63, 3.8) is 0 Å². The summed E-state index contributed by atoms with van der Waals surface area (Å²) in [5.41, 5.74) is 0.320. The number of aryl methyl sites for hydroxylation is 1. The summed E-state index contributed by atoms with van der Waals surface area (Å²) in [4.78, 5) is 11.5. The van der Waals surface area contributed by atoms with Crippen molar-refractivity contribution in [2.45, 2.75) is 38.7 Å². The first-order chi connectivity index (χ1) is 9.78. The highest BCUT2D eigenvalue weighted by molar-refractivity contribution is 5.76. The molecule has 1 atom stereocenters. The third-order valence-corrected chi connectivity index (χ3v) is 2.70. The van der Waals surface area contributed by atoms with Crippen LogP contribution in [0, 0.1) is 0 Å². The number of amides is 1. The van der Waals surface area contributed by atoms with Crippen molar-refractivity contribution >= 4 is 5.91 Å². The first-order valence-corrected chi connectivity index (χ1v) is 6.56. The molecule has 0 saturated carbocycles. The Morgan fingerprint density at radius 1 is 1.38 bits per heavy atom. The number of hydrogen-bond acceptors (Lipinski definition) is 3. The van der Waals surface area contributed by atoms with E-state index in [1.54, 1.807) is 13.0 Å². The van der Waals surface area contributed by atoms with Gasteiger partial charge in [0.1, 0.15) is 5.75 Å². The quantitative estimate of drug-likeness (QED) is 0.813. The molecule has 4 nitrogen and oxygen atoms in total. The number of rotatable bonds is 7. The summed E-state index contributed by atoms with van der Waals surface area (Å²) in [6, 6.07) is 5.73. The van der Waals surface area contributed by atoms with E-state index in [4.69, 9.17) is 5.11 Å². The molecule has 7 heteroatoms. The molecule has 1 aromatic carbocycles. The van der Waals surface area contributed by atoms with E-state index < -0.39 is 12.5 Å². The Morgan fingerprint density at radius 2 is 2.05 bits per heavy atom. The zero-order chi connectivity index (χ0) is 15.9. The largest absolute Gasteiger partial charge is 0.573 e. The Balaban J connectivity index is 2.49. The summed E-state index contributed by atoms with van der Waals surface area (Å²) >= 11 is 0. The van der Waals surface area contributed by atoms with Gasteiger partial charge in [0.15, 0.2) is 0 Å². The smallest absolute Gasteiger partial charge is 0.406 e. The van der Waals surface area contributed by atoms with Crippen molar-refractivity contribution in [2.24, 2.45) is 0 Å². The molecule has 0 aliphatic rings. The number of ether oxygens (including phenoxy) is 1. The third-order valence-electron chi connectivity index (χ3n) is 2.70. The molecule has 0 saturated heterocycles. The van der Waals surface area contributed by atoms with Crippen LogP contribution in [0.5, 0.6) is 5.75 Å². The van der Waals surface area contributed by atoms with Crippen molar-refractivity contribution in [3.8, 4) is 5.75 Å². The fourth-order valence-corrected chi connectivity index (χ4v) is 1.69. The molecule has 0 radical (unpaired) electrons. The van der Waals surface area contributed by atoms with Crippen molar-refractivity contribution in [2.75, 3.05) is 6.54 Å². The van der Waals surface area contributed by atoms with Gasteiger partial charge in [-0.15, -0.1) is 13.2 Å². The average Bonchev–Trinajstić information content (AvgIpc) is 2.35. The molecule has 0 spiro atoms. The highest BCUT2D eigenvalue weighted by atomic mass is 19.4. The lowest BCUT2D eigenvalue weighted by Crippen LogP contribution is -2.26. The third kappa shape index (κ3) is 7.55. The van der Waals surface area contributed by atoms with Gasteiger partial charge >= 0.3 is 6.36 Å². The Bertz CT molecular complexity index is 461. The number of aliphatic hydroxyl groups is 1. The van der Waals surface area contributed by atoms with Gasteiger partial charge in [-0.3, -0.25) is 4.79 Å². The second-order valence-corrected chi connectivity index (χ2v) is 4.64. The zero-order valence-corrected chi connectivity index (χ0v) is 11.6. The predicted molar refractivity (Wildman–Crippen MR) is 70.8 cm³/mol. The van der Waals surface area contributed by atoms with E-state index >= 15 is 0 Å². The summed E-state index contributed by atoms with van der Waals surface area (Å²) in [6.07, 6.45) is -4.63. The zero-order valence-electron chi connectivity index (χ0n) is 11.6. The maximum atomic E-state index is 12.2. The molecular formula is C14H18F3NO3. The monoisotopic (exact) mass is 305 g/mol. The van der Waals surface area contributed by atoms with E-state index in [9.17, 15) is 18.0 Å². The van der Waals surface area contributed by atoms with Crippen LogP contribution in [0.15, 0.2) is 24.3 Å². The normalized spacial score (nSPS) is 12.8. The maximum Gasteiger partial charge on any atom is 0.573 e. The second-order valence-electron chi connectivity index (χ2n) is 4.64. The number of halogens is 3. The summed E-state index contributed by atoms with van der Waals surface area (Å²) in [5.74, 6) is -0.570. The number of aliphatic hydroxyl groups excluding tert-OH is 1. The molecule has 1 unspecified atom stereocenters. The average molecular weight is 305 g/mol. The number of carbonyl (C=O) groups is 1. The molecule has 0 heterocycles. The van der Waals surface area contributed by atoms with E-state index in [-0.39, 0.29) is 24.5 Å². The van der Waals surface area contributed by atoms with Gasteiger partial charge in [0.25, 0.3) is 0 Å². The van der Waals surface area contributed by atoms with E-state index in [2.05, 4.69) is 10.1 Å². The minimum absolute atomic E-state index is 0.0536. The van der Waals surface area contributed by atoms with Crippen molar-refractivity contribution in [3.05, 3.63) is 29.8 Å². The van der Waals surface area contributed by atoms with Crippen LogP contribution in [-0.4, -0.2) is 30.0 Å². The van der Waals surface area contributed by atoms with Crippen molar-refractivity contribution in [1.82, 2.24) is 5.32 Å². The highest BCUT2D eigenvalue weighted by Crippen LogP contribution is 2.26. The molecule has 1 amide bonds. The molecule has 1 aromatic rings. The lowest BCUT2D eigenvalue weighted by atomic mass is 10.1. The minimum atomic E-state index is -4.75. The summed E-state index contributed by atoms with van der Waals surface area (Å²) in [6.45, 7) is 1.94. The number of benzene rings is 1. The molecule has 0 aliphatic carbocycles. The molecule has 0 aliphatic heterocycles. The Hall–Kier alpha value is -1.76. The lowest BCUT2D eigenvalue weighted by molar-refractivity contribution is -0.274. The molecule has 0 aromatic heterocycles. The second kappa shape index (κ2) is 7.87. The van der Waals surface area contributed by atoms with Crippen LogP contribution >= 0.6 is 0 Å². The van der Waals surface area contributed by atoms with Gasteiger partial charge in [-0.2, -0.15) is 0 Å². The predicted octanol–water partition coefficient (Wildman–Crippen LogP) is 2.40. The van der Waals surface area contributed by atoms with Gasteiger partial charge in [0.05, 0.1) is 6.10 Å². The van der Waals surface area contributed by atoms with E-state index in [0.717, 1.165) is 0 Å². The van der Waals surface area contributed by atoms with E-state index in [1.165, 1.54) is 18.2 Å². The molecular weight excluding hydrogens is 287 g/mol. The molecule has 0 bridgehead atoms. The molecule has 1 rings (SSSR count). The molecule has 2 N–H and O–H groups in total. The van der Waals surface area contributed by atoms with Crippen LogP contribution in [-0.2, 0) is 11.2 Å². The van der Waals surface area contributed by atoms with Crippen LogP contribution < -0.4 is 10.1 Å². The minimum Gasteiger partial charge on any atom is -0.406 e. The molecule has 21 heavy (non-hydrogen) atoms. The SMILES string of the molecule is CC(O)CCNC(=O)CCc1ccccc1OC(F)(F)F. The van der Waals surface area contributed by atoms with Gasteiger partial charge in [0.2, 0.25) is 5.91 Å². The summed E-state index contributed by atoms with van der Waals surface area (Å²) in [7, 11) is 0. The number of hydrogen-bond donors (Lipinski definition) is 2. The fourth-order valence-electron chi connectivity index (χ4n) is 1.69. The van der Waals surface area contributed by atoms with Crippen LogP contribution in [0.1, 0.15) is 25.3 Å². The Labute approximate surface area is 120 Å². The van der Waals surface area contributed by atoms with Gasteiger partial charge in [-0.05, 0) is 31.4 Å². The van der Waals surface area contributed by atoms with Crippen molar-refractivity contribution in [1.29, 1.82) is 0 Å². The Morgan fingerprint density at radius 3 is 2.67 bits per heavy atom. The van der Waals surface area contributed by atoms with Crippen LogP contribution in [0.25, 0.3) is 0 Å². The van der Waals surface area contributed by atoms with Crippen LogP contribution in [0.4, 0.5) is 13.2 Å². The number of nitrogens with one attached hydrogen (secondary N) is 1. The standard InChI is InChI=1S/C14H18F3NO3/c1-10(19)8-9-18-13(20)7-6-11-4-2-3-5-12(11)21-14(15,16)17/h2-5,10,19H,6-9H2,1H3,(H,18,20). The van der Waals surface area contributed by atoms with Gasteiger partial charge in [0, 0.05) is 13.0 Å². The first-order valence-electron chi connectivity index (χ1n) is 6.56. The Kier molecular flexibility index (Phi) is 6.48.